The van der Waals surface area contributed by atoms with Crippen molar-refractivity contribution < 1.29 is 14.6 Å². The third-order valence-electron chi connectivity index (χ3n) is 3.27. The summed E-state index contributed by atoms with van der Waals surface area (Å²) in [5.74, 6) is 0.750. The number of rotatable bonds is 7. The van der Waals surface area contributed by atoms with E-state index in [4.69, 9.17) is 4.74 Å². The van der Waals surface area contributed by atoms with Crippen LogP contribution in [0.3, 0.4) is 0 Å². The van der Waals surface area contributed by atoms with E-state index in [1.54, 1.807) is 14.2 Å². The van der Waals surface area contributed by atoms with E-state index in [0.717, 1.165) is 24.2 Å². The van der Waals surface area contributed by atoms with Crippen molar-refractivity contribution in [2.75, 3.05) is 27.3 Å². The minimum atomic E-state index is -0.359. The van der Waals surface area contributed by atoms with Crippen LogP contribution in [0.5, 0.6) is 5.75 Å². The van der Waals surface area contributed by atoms with E-state index in [2.05, 4.69) is 12.2 Å². The van der Waals surface area contributed by atoms with Crippen LogP contribution in [0.4, 0.5) is 4.79 Å². The molecule has 1 rings (SSSR count). The fourth-order valence-electron chi connectivity index (χ4n) is 1.92. The first-order valence-corrected chi connectivity index (χ1v) is 6.89. The Morgan fingerprint density at radius 2 is 2.05 bits per heavy atom. The SMILES string of the molecule is CCCCNC(=O)N(C)[C@@H](CO)c1ccc(OC)cc1. The highest BCUT2D eigenvalue weighted by Gasteiger charge is 2.20. The number of benzene rings is 1. The van der Waals surface area contributed by atoms with Crippen LogP contribution in [-0.2, 0) is 0 Å². The van der Waals surface area contributed by atoms with Gasteiger partial charge in [-0.1, -0.05) is 25.5 Å². The molecule has 0 aliphatic rings. The van der Waals surface area contributed by atoms with Crippen molar-refractivity contribution in [2.45, 2.75) is 25.8 Å². The Morgan fingerprint density at radius 3 is 2.55 bits per heavy atom. The molecule has 0 bridgehead atoms. The van der Waals surface area contributed by atoms with Gasteiger partial charge in [-0.05, 0) is 24.1 Å². The van der Waals surface area contributed by atoms with Crippen LogP contribution in [0.25, 0.3) is 0 Å². The number of likely N-dealkylation sites (N-methyl/N-ethyl adjacent to an activating group) is 1. The highest BCUT2D eigenvalue weighted by Crippen LogP contribution is 2.21. The summed E-state index contributed by atoms with van der Waals surface area (Å²) in [6.07, 6.45) is 1.98. The van der Waals surface area contributed by atoms with Gasteiger partial charge in [-0.15, -0.1) is 0 Å². The smallest absolute Gasteiger partial charge is 0.317 e. The molecular weight excluding hydrogens is 256 g/mol. The molecule has 0 aliphatic heterocycles. The molecule has 0 unspecified atom stereocenters. The maximum atomic E-state index is 12.0. The topological polar surface area (TPSA) is 61.8 Å². The third kappa shape index (κ3) is 4.42. The zero-order chi connectivity index (χ0) is 15.0. The average molecular weight is 280 g/mol. The molecule has 1 aromatic rings. The van der Waals surface area contributed by atoms with Crippen molar-refractivity contribution >= 4 is 6.03 Å². The first-order valence-electron chi connectivity index (χ1n) is 6.89. The van der Waals surface area contributed by atoms with Crippen LogP contribution in [0, 0.1) is 0 Å². The summed E-state index contributed by atoms with van der Waals surface area (Å²) < 4.78 is 5.10. The molecule has 0 fully saturated rings. The molecule has 1 atom stereocenters. The number of ether oxygens (including phenoxy) is 1. The van der Waals surface area contributed by atoms with Crippen LogP contribution in [-0.4, -0.2) is 43.3 Å². The second kappa shape index (κ2) is 8.43. The Labute approximate surface area is 120 Å². The fourth-order valence-corrected chi connectivity index (χ4v) is 1.92. The molecule has 1 aromatic carbocycles. The number of nitrogens with zero attached hydrogens (tertiary/aromatic N) is 1. The Bertz CT molecular complexity index is 406. The molecule has 0 spiro atoms. The summed E-state index contributed by atoms with van der Waals surface area (Å²) in [6.45, 7) is 2.61. The summed E-state index contributed by atoms with van der Waals surface area (Å²) in [5, 5.41) is 12.4. The Kier molecular flexibility index (Phi) is 6.87. The first kappa shape index (κ1) is 16.3. The van der Waals surface area contributed by atoms with Gasteiger partial charge < -0.3 is 20.1 Å². The van der Waals surface area contributed by atoms with E-state index in [9.17, 15) is 9.90 Å². The molecule has 0 saturated carbocycles. The molecule has 0 aromatic heterocycles. The van der Waals surface area contributed by atoms with Gasteiger partial charge in [0.05, 0.1) is 19.8 Å². The lowest BCUT2D eigenvalue weighted by Crippen LogP contribution is -2.41. The molecule has 112 valence electrons. The number of unbranched alkanes of at least 4 members (excludes halogenated alkanes) is 1. The maximum absolute atomic E-state index is 12.0. The van der Waals surface area contributed by atoms with Gasteiger partial charge in [0.2, 0.25) is 0 Å². The van der Waals surface area contributed by atoms with Gasteiger partial charge in [0, 0.05) is 13.6 Å². The number of hydrogen-bond acceptors (Lipinski definition) is 3. The highest BCUT2D eigenvalue weighted by molar-refractivity contribution is 5.74. The third-order valence-corrected chi connectivity index (χ3v) is 3.27. The maximum Gasteiger partial charge on any atom is 0.317 e. The minimum absolute atomic E-state index is 0.121. The lowest BCUT2D eigenvalue weighted by molar-refractivity contribution is 0.150. The van der Waals surface area contributed by atoms with Crippen LogP contribution < -0.4 is 10.1 Å². The van der Waals surface area contributed by atoms with E-state index in [-0.39, 0.29) is 18.7 Å². The van der Waals surface area contributed by atoms with Crippen molar-refractivity contribution in [3.63, 3.8) is 0 Å². The van der Waals surface area contributed by atoms with E-state index in [1.807, 2.05) is 24.3 Å². The van der Waals surface area contributed by atoms with Crippen molar-refractivity contribution in [3.8, 4) is 5.75 Å². The zero-order valence-corrected chi connectivity index (χ0v) is 12.4. The summed E-state index contributed by atoms with van der Waals surface area (Å²) in [7, 11) is 3.29. The number of nitrogens with one attached hydrogen (secondary N) is 1. The number of aliphatic hydroxyl groups excluding tert-OH is 1. The average Bonchev–Trinajstić information content (AvgIpc) is 2.48. The van der Waals surface area contributed by atoms with E-state index in [0.29, 0.717) is 6.54 Å². The van der Waals surface area contributed by atoms with Crippen molar-refractivity contribution in [1.82, 2.24) is 10.2 Å². The highest BCUT2D eigenvalue weighted by atomic mass is 16.5. The Balaban J connectivity index is 2.70. The number of urea groups is 1. The zero-order valence-electron chi connectivity index (χ0n) is 12.4. The predicted octanol–water partition coefficient (Wildman–Crippen LogP) is 2.17. The summed E-state index contributed by atoms with van der Waals surface area (Å²) >= 11 is 0. The second-order valence-electron chi connectivity index (χ2n) is 4.67. The van der Waals surface area contributed by atoms with E-state index >= 15 is 0 Å². The van der Waals surface area contributed by atoms with Crippen LogP contribution in [0.15, 0.2) is 24.3 Å². The lowest BCUT2D eigenvalue weighted by Gasteiger charge is -2.27. The van der Waals surface area contributed by atoms with Gasteiger partial charge in [-0.25, -0.2) is 4.79 Å². The number of hydrogen-bond donors (Lipinski definition) is 2. The molecular formula is C15H24N2O3. The minimum Gasteiger partial charge on any atom is -0.497 e. The molecule has 5 nitrogen and oxygen atoms in total. The van der Waals surface area contributed by atoms with Gasteiger partial charge in [-0.3, -0.25) is 0 Å². The van der Waals surface area contributed by atoms with Crippen molar-refractivity contribution in [2.24, 2.45) is 0 Å². The standard InChI is InChI=1S/C15H24N2O3/c1-4-5-10-16-15(19)17(2)14(11-18)12-6-8-13(20-3)9-7-12/h6-9,14,18H,4-5,10-11H2,1-3H3,(H,16,19)/t14-/m0/s1. The summed E-state index contributed by atoms with van der Waals surface area (Å²) in [4.78, 5) is 13.5. The number of carbonyl (C=O) groups is 1. The molecule has 0 heterocycles. The van der Waals surface area contributed by atoms with Crippen LogP contribution >= 0.6 is 0 Å². The molecule has 0 saturated heterocycles. The Morgan fingerprint density at radius 1 is 1.40 bits per heavy atom. The van der Waals surface area contributed by atoms with Crippen LogP contribution in [0.2, 0.25) is 0 Å². The molecule has 0 aliphatic carbocycles. The van der Waals surface area contributed by atoms with Gasteiger partial charge in [0.15, 0.2) is 0 Å². The second-order valence-corrected chi connectivity index (χ2v) is 4.67. The number of amides is 2. The number of aliphatic hydroxyl groups is 1. The quantitative estimate of drug-likeness (QED) is 0.752. The number of carbonyl (C=O) groups excluding carboxylic acids is 1. The molecule has 5 heteroatoms. The van der Waals surface area contributed by atoms with Crippen molar-refractivity contribution in [3.05, 3.63) is 29.8 Å². The predicted molar refractivity (Wildman–Crippen MR) is 78.9 cm³/mol. The molecule has 2 amide bonds. The monoisotopic (exact) mass is 280 g/mol. The van der Waals surface area contributed by atoms with Gasteiger partial charge in [0.1, 0.15) is 5.75 Å². The fraction of sp³-hybridized carbons (Fsp3) is 0.533. The van der Waals surface area contributed by atoms with Crippen molar-refractivity contribution in [1.29, 1.82) is 0 Å². The lowest BCUT2D eigenvalue weighted by atomic mass is 10.1. The van der Waals surface area contributed by atoms with E-state index in [1.165, 1.54) is 4.90 Å². The van der Waals surface area contributed by atoms with Gasteiger partial charge in [0.25, 0.3) is 0 Å². The summed E-state index contributed by atoms with van der Waals surface area (Å²) in [6, 6.07) is 6.82. The van der Waals surface area contributed by atoms with Gasteiger partial charge in [-0.2, -0.15) is 0 Å². The Hall–Kier alpha value is -1.75. The normalized spacial score (nSPS) is 11.8. The summed E-state index contributed by atoms with van der Waals surface area (Å²) in [5.41, 5.74) is 0.876. The largest absolute Gasteiger partial charge is 0.497 e. The van der Waals surface area contributed by atoms with E-state index < -0.39 is 0 Å². The van der Waals surface area contributed by atoms with Gasteiger partial charge >= 0.3 is 6.03 Å². The van der Waals surface area contributed by atoms with Crippen LogP contribution in [0.1, 0.15) is 31.4 Å². The molecule has 20 heavy (non-hydrogen) atoms. The molecule has 2 N–H and O–H groups in total. The molecule has 0 radical (unpaired) electrons. The number of methoxy groups -OCH3 is 1. The first-order chi connectivity index (χ1) is 9.63.